The van der Waals surface area contributed by atoms with Crippen LogP contribution in [0.15, 0.2) is 53.0 Å². The van der Waals surface area contributed by atoms with E-state index < -0.39 is 5.82 Å². The van der Waals surface area contributed by atoms with Gasteiger partial charge in [0.1, 0.15) is 11.6 Å². The maximum atomic E-state index is 12.9. The molecule has 0 aliphatic heterocycles. The number of amides is 1. The predicted octanol–water partition coefficient (Wildman–Crippen LogP) is 3.61. The first-order valence-corrected chi connectivity index (χ1v) is 6.37. The number of carbonyl (C=O) groups is 1. The van der Waals surface area contributed by atoms with E-state index in [2.05, 4.69) is 21.2 Å². The minimum absolute atomic E-state index is 0.140. The molecule has 0 saturated carbocycles. The molecule has 0 atom stereocenters. The van der Waals surface area contributed by atoms with Crippen LogP contribution in [0.4, 0.5) is 10.1 Å². The molecule has 0 aliphatic rings. The van der Waals surface area contributed by atoms with Gasteiger partial charge in [-0.05, 0) is 46.3 Å². The predicted molar refractivity (Wildman–Crippen MR) is 74.7 cm³/mol. The lowest BCUT2D eigenvalue weighted by molar-refractivity contribution is -0.118. The van der Waals surface area contributed by atoms with Gasteiger partial charge < -0.3 is 10.1 Å². The van der Waals surface area contributed by atoms with E-state index in [1.165, 1.54) is 18.2 Å². The molecule has 1 amide bonds. The molecular formula is C14H11BrFNO2. The highest BCUT2D eigenvalue weighted by atomic mass is 79.9. The quantitative estimate of drug-likeness (QED) is 0.933. The lowest BCUT2D eigenvalue weighted by Crippen LogP contribution is -2.20. The molecule has 0 aromatic heterocycles. The zero-order valence-electron chi connectivity index (χ0n) is 9.90. The van der Waals surface area contributed by atoms with Gasteiger partial charge in [-0.25, -0.2) is 4.39 Å². The minimum atomic E-state index is -0.399. The van der Waals surface area contributed by atoms with Gasteiger partial charge in [-0.15, -0.1) is 0 Å². The summed E-state index contributed by atoms with van der Waals surface area (Å²) in [6.07, 6.45) is 0. The van der Waals surface area contributed by atoms with Crippen LogP contribution in [0.3, 0.4) is 0 Å². The van der Waals surface area contributed by atoms with Gasteiger partial charge in [-0.3, -0.25) is 4.79 Å². The van der Waals surface area contributed by atoms with Gasteiger partial charge in [-0.2, -0.15) is 0 Å². The number of halogens is 2. The average molecular weight is 324 g/mol. The van der Waals surface area contributed by atoms with Crippen LogP contribution < -0.4 is 10.1 Å². The molecule has 0 bridgehead atoms. The van der Waals surface area contributed by atoms with Crippen molar-refractivity contribution in [1.29, 1.82) is 0 Å². The van der Waals surface area contributed by atoms with Crippen molar-refractivity contribution in [2.75, 3.05) is 11.9 Å². The van der Waals surface area contributed by atoms with Crippen LogP contribution in [0.1, 0.15) is 0 Å². The third kappa shape index (κ3) is 4.06. The second-order valence-corrected chi connectivity index (χ2v) is 4.63. The Hall–Kier alpha value is -1.88. The summed E-state index contributed by atoms with van der Waals surface area (Å²) < 4.78 is 19.1. The van der Waals surface area contributed by atoms with E-state index in [-0.39, 0.29) is 12.5 Å². The number of hydrogen-bond donors (Lipinski definition) is 1. The van der Waals surface area contributed by atoms with E-state index in [9.17, 15) is 9.18 Å². The van der Waals surface area contributed by atoms with Crippen molar-refractivity contribution in [2.45, 2.75) is 0 Å². The third-order valence-electron chi connectivity index (χ3n) is 2.30. The molecule has 0 radical (unpaired) electrons. The van der Waals surface area contributed by atoms with E-state index in [1.54, 1.807) is 12.1 Å². The number of hydrogen-bond acceptors (Lipinski definition) is 2. The Balaban J connectivity index is 1.90. The first-order chi connectivity index (χ1) is 9.15. The largest absolute Gasteiger partial charge is 0.483 e. The van der Waals surface area contributed by atoms with Crippen molar-refractivity contribution >= 4 is 27.5 Å². The van der Waals surface area contributed by atoms with Gasteiger partial charge in [0.2, 0.25) is 0 Å². The second kappa shape index (κ2) is 6.33. The summed E-state index contributed by atoms with van der Waals surface area (Å²) in [7, 11) is 0. The van der Waals surface area contributed by atoms with Crippen molar-refractivity contribution in [3.8, 4) is 5.75 Å². The van der Waals surface area contributed by atoms with E-state index >= 15 is 0 Å². The van der Waals surface area contributed by atoms with E-state index in [0.717, 1.165) is 4.47 Å². The van der Waals surface area contributed by atoms with Crippen molar-refractivity contribution in [3.63, 3.8) is 0 Å². The second-order valence-electron chi connectivity index (χ2n) is 3.78. The van der Waals surface area contributed by atoms with E-state index in [0.29, 0.717) is 11.4 Å². The summed E-state index contributed by atoms with van der Waals surface area (Å²) in [6.45, 7) is -0.140. The fraction of sp³-hybridized carbons (Fsp3) is 0.0714. The maximum absolute atomic E-state index is 12.9. The molecule has 5 heteroatoms. The molecule has 98 valence electrons. The lowest BCUT2D eigenvalue weighted by Gasteiger charge is -2.08. The first-order valence-electron chi connectivity index (χ1n) is 5.58. The van der Waals surface area contributed by atoms with Gasteiger partial charge in [0.15, 0.2) is 6.61 Å². The van der Waals surface area contributed by atoms with Crippen molar-refractivity contribution in [2.24, 2.45) is 0 Å². The maximum Gasteiger partial charge on any atom is 0.262 e. The summed E-state index contributed by atoms with van der Waals surface area (Å²) in [6, 6.07) is 12.9. The van der Waals surface area contributed by atoms with Crippen LogP contribution in [-0.4, -0.2) is 12.5 Å². The summed E-state index contributed by atoms with van der Waals surface area (Å²) in [4.78, 5) is 11.6. The molecular weight excluding hydrogens is 313 g/mol. The van der Waals surface area contributed by atoms with Crippen LogP contribution in [0.25, 0.3) is 0 Å². The third-order valence-corrected chi connectivity index (χ3v) is 2.96. The molecule has 1 N–H and O–H groups in total. The molecule has 0 fully saturated rings. The Bertz CT molecular complexity index is 589. The van der Waals surface area contributed by atoms with Crippen LogP contribution >= 0.6 is 15.9 Å². The lowest BCUT2D eigenvalue weighted by atomic mass is 10.3. The van der Waals surface area contributed by atoms with Crippen LogP contribution in [0.5, 0.6) is 5.75 Å². The Kier molecular flexibility index (Phi) is 4.52. The number of para-hydroxylation sites is 1. The molecule has 0 spiro atoms. The fourth-order valence-corrected chi connectivity index (χ4v) is 1.87. The normalized spacial score (nSPS) is 10.0. The number of ether oxygens (including phenoxy) is 1. The highest BCUT2D eigenvalue weighted by molar-refractivity contribution is 9.10. The highest BCUT2D eigenvalue weighted by Gasteiger charge is 2.06. The number of nitrogens with one attached hydrogen (secondary N) is 1. The monoisotopic (exact) mass is 323 g/mol. The van der Waals surface area contributed by atoms with Crippen molar-refractivity contribution in [1.82, 2.24) is 0 Å². The fourth-order valence-electron chi connectivity index (χ4n) is 1.47. The van der Waals surface area contributed by atoms with Gasteiger partial charge in [0, 0.05) is 5.69 Å². The minimum Gasteiger partial charge on any atom is -0.483 e. The molecule has 2 aromatic rings. The van der Waals surface area contributed by atoms with Crippen LogP contribution in [0.2, 0.25) is 0 Å². The molecule has 0 unspecified atom stereocenters. The molecule has 2 rings (SSSR count). The molecule has 2 aromatic carbocycles. The summed E-state index contributed by atoms with van der Waals surface area (Å²) >= 11 is 3.32. The number of anilines is 1. The smallest absolute Gasteiger partial charge is 0.262 e. The SMILES string of the molecule is O=C(COc1ccccc1Br)Nc1cccc(F)c1. The Morgan fingerprint density at radius 2 is 2.00 bits per heavy atom. The Labute approximate surface area is 118 Å². The van der Waals surface area contributed by atoms with Crippen molar-refractivity contribution < 1.29 is 13.9 Å². The van der Waals surface area contributed by atoms with Gasteiger partial charge in [-0.1, -0.05) is 18.2 Å². The molecule has 0 aliphatic carbocycles. The zero-order valence-corrected chi connectivity index (χ0v) is 11.5. The van der Waals surface area contributed by atoms with Crippen LogP contribution in [0, 0.1) is 5.82 Å². The first kappa shape index (κ1) is 13.5. The number of rotatable bonds is 4. The summed E-state index contributed by atoms with van der Waals surface area (Å²) in [5, 5.41) is 2.55. The van der Waals surface area contributed by atoms with Crippen LogP contribution in [-0.2, 0) is 4.79 Å². The Morgan fingerprint density at radius 1 is 1.21 bits per heavy atom. The van der Waals surface area contributed by atoms with E-state index in [4.69, 9.17) is 4.74 Å². The average Bonchev–Trinajstić information content (AvgIpc) is 2.38. The summed E-state index contributed by atoms with van der Waals surface area (Å²) in [5.74, 6) is -0.164. The topological polar surface area (TPSA) is 38.3 Å². The van der Waals surface area contributed by atoms with Gasteiger partial charge in [0.05, 0.1) is 4.47 Å². The number of carbonyl (C=O) groups excluding carboxylic acids is 1. The van der Waals surface area contributed by atoms with E-state index in [1.807, 2.05) is 18.2 Å². The summed E-state index contributed by atoms with van der Waals surface area (Å²) in [5.41, 5.74) is 0.403. The Morgan fingerprint density at radius 3 is 2.74 bits per heavy atom. The zero-order chi connectivity index (χ0) is 13.7. The standard InChI is InChI=1S/C14H11BrFNO2/c15-12-6-1-2-7-13(12)19-9-14(18)17-11-5-3-4-10(16)8-11/h1-8H,9H2,(H,17,18). The van der Waals surface area contributed by atoms with Gasteiger partial charge in [0.25, 0.3) is 5.91 Å². The van der Waals surface area contributed by atoms with Crippen molar-refractivity contribution in [3.05, 3.63) is 58.8 Å². The number of benzene rings is 2. The molecule has 19 heavy (non-hydrogen) atoms. The molecule has 0 saturated heterocycles. The highest BCUT2D eigenvalue weighted by Crippen LogP contribution is 2.23. The molecule has 0 heterocycles. The van der Waals surface area contributed by atoms with Gasteiger partial charge >= 0.3 is 0 Å². The molecule has 3 nitrogen and oxygen atoms in total.